The Balaban J connectivity index is 1.86. The molecule has 1 saturated heterocycles. The van der Waals surface area contributed by atoms with Gasteiger partial charge in [-0.15, -0.1) is 22.7 Å². The summed E-state index contributed by atoms with van der Waals surface area (Å²) in [6, 6.07) is 0. The van der Waals surface area contributed by atoms with E-state index in [4.69, 9.17) is 4.98 Å². The zero-order chi connectivity index (χ0) is 12.5. The summed E-state index contributed by atoms with van der Waals surface area (Å²) >= 11 is 3.46. The van der Waals surface area contributed by atoms with Crippen molar-refractivity contribution in [2.24, 2.45) is 0 Å². The Bertz CT molecular complexity index is 540. The predicted molar refractivity (Wildman–Crippen MR) is 77.8 cm³/mol. The molecule has 0 spiro atoms. The Labute approximate surface area is 115 Å². The highest BCUT2D eigenvalue weighted by molar-refractivity contribution is 7.16. The topological polar surface area (TPSA) is 41.1 Å². The van der Waals surface area contributed by atoms with Gasteiger partial charge >= 0.3 is 0 Å². The highest BCUT2D eigenvalue weighted by Gasteiger charge is 2.16. The quantitative estimate of drug-likeness (QED) is 0.916. The SMILES string of the molecule is Cc1nc(C)c(-c2csc(N3CCNCC3)n2)s1. The average molecular weight is 280 g/mol. The summed E-state index contributed by atoms with van der Waals surface area (Å²) in [5.41, 5.74) is 2.17. The summed E-state index contributed by atoms with van der Waals surface area (Å²) in [7, 11) is 0. The Morgan fingerprint density at radius 3 is 2.67 bits per heavy atom. The maximum absolute atomic E-state index is 4.77. The van der Waals surface area contributed by atoms with Crippen LogP contribution in [-0.4, -0.2) is 36.1 Å². The number of nitrogens with one attached hydrogen (secondary N) is 1. The molecule has 0 unspecified atom stereocenters. The van der Waals surface area contributed by atoms with Gasteiger partial charge in [0.25, 0.3) is 0 Å². The molecular formula is C12H16N4S2. The van der Waals surface area contributed by atoms with Crippen molar-refractivity contribution in [1.29, 1.82) is 0 Å². The Hall–Kier alpha value is -0.980. The van der Waals surface area contributed by atoms with E-state index in [0.29, 0.717) is 0 Å². The van der Waals surface area contributed by atoms with E-state index >= 15 is 0 Å². The molecule has 4 nitrogen and oxygen atoms in total. The molecule has 1 N–H and O–H groups in total. The molecule has 18 heavy (non-hydrogen) atoms. The molecule has 6 heteroatoms. The zero-order valence-electron chi connectivity index (χ0n) is 10.6. The minimum atomic E-state index is 1.05. The molecule has 0 aromatic carbocycles. The fraction of sp³-hybridized carbons (Fsp3) is 0.500. The number of hydrogen-bond donors (Lipinski definition) is 1. The first-order chi connectivity index (χ1) is 8.74. The lowest BCUT2D eigenvalue weighted by Gasteiger charge is -2.26. The first-order valence-electron chi connectivity index (χ1n) is 6.09. The number of nitrogens with zero attached hydrogens (tertiary/aromatic N) is 3. The number of rotatable bonds is 2. The fourth-order valence-corrected chi connectivity index (χ4v) is 3.96. The van der Waals surface area contributed by atoms with Gasteiger partial charge in [-0.1, -0.05) is 0 Å². The minimum absolute atomic E-state index is 1.05. The molecule has 3 heterocycles. The largest absolute Gasteiger partial charge is 0.346 e. The third-order valence-electron chi connectivity index (χ3n) is 3.02. The first-order valence-corrected chi connectivity index (χ1v) is 7.79. The van der Waals surface area contributed by atoms with Crippen LogP contribution >= 0.6 is 22.7 Å². The van der Waals surface area contributed by atoms with Crippen molar-refractivity contribution in [3.63, 3.8) is 0 Å². The minimum Gasteiger partial charge on any atom is -0.346 e. The van der Waals surface area contributed by atoms with E-state index in [1.165, 1.54) is 4.88 Å². The van der Waals surface area contributed by atoms with Gasteiger partial charge in [-0.2, -0.15) is 0 Å². The molecule has 0 radical (unpaired) electrons. The Kier molecular flexibility index (Phi) is 3.32. The monoisotopic (exact) mass is 280 g/mol. The van der Waals surface area contributed by atoms with Gasteiger partial charge in [0, 0.05) is 31.6 Å². The van der Waals surface area contributed by atoms with Crippen LogP contribution in [0.15, 0.2) is 5.38 Å². The molecule has 0 atom stereocenters. The molecule has 3 rings (SSSR count). The summed E-state index contributed by atoms with van der Waals surface area (Å²) in [6.07, 6.45) is 0. The molecule has 2 aromatic heterocycles. The zero-order valence-corrected chi connectivity index (χ0v) is 12.2. The summed E-state index contributed by atoms with van der Waals surface area (Å²) in [6.45, 7) is 8.30. The van der Waals surface area contributed by atoms with Crippen LogP contribution in [0.1, 0.15) is 10.7 Å². The number of aromatic nitrogens is 2. The second kappa shape index (κ2) is 4.95. The van der Waals surface area contributed by atoms with Crippen molar-refractivity contribution in [3.8, 4) is 10.6 Å². The molecular weight excluding hydrogens is 264 g/mol. The van der Waals surface area contributed by atoms with Crippen LogP contribution in [0.5, 0.6) is 0 Å². The molecule has 2 aromatic rings. The molecule has 0 amide bonds. The van der Waals surface area contributed by atoms with Gasteiger partial charge in [0.1, 0.15) is 0 Å². The fourth-order valence-electron chi connectivity index (χ4n) is 2.14. The molecule has 96 valence electrons. The molecule has 1 aliphatic rings. The van der Waals surface area contributed by atoms with Gasteiger partial charge in [0.15, 0.2) is 5.13 Å². The summed E-state index contributed by atoms with van der Waals surface area (Å²) in [5, 5.41) is 7.76. The van der Waals surface area contributed by atoms with Gasteiger partial charge in [0.2, 0.25) is 0 Å². The van der Waals surface area contributed by atoms with Gasteiger partial charge in [-0.05, 0) is 13.8 Å². The predicted octanol–water partition coefficient (Wildman–Crippen LogP) is 2.29. The van der Waals surface area contributed by atoms with Crippen molar-refractivity contribution < 1.29 is 0 Å². The Morgan fingerprint density at radius 2 is 2.00 bits per heavy atom. The van der Waals surface area contributed by atoms with Crippen LogP contribution in [0.3, 0.4) is 0 Å². The molecule has 1 fully saturated rings. The third-order valence-corrected chi connectivity index (χ3v) is 5.01. The summed E-state index contributed by atoms with van der Waals surface area (Å²) in [4.78, 5) is 12.8. The highest BCUT2D eigenvalue weighted by Crippen LogP contribution is 2.33. The smallest absolute Gasteiger partial charge is 0.185 e. The van der Waals surface area contributed by atoms with Crippen molar-refractivity contribution >= 4 is 27.8 Å². The number of thiazole rings is 2. The van der Waals surface area contributed by atoms with Crippen LogP contribution in [0.2, 0.25) is 0 Å². The van der Waals surface area contributed by atoms with Crippen LogP contribution < -0.4 is 10.2 Å². The van der Waals surface area contributed by atoms with Crippen molar-refractivity contribution in [3.05, 3.63) is 16.1 Å². The second-order valence-electron chi connectivity index (χ2n) is 4.40. The van der Waals surface area contributed by atoms with E-state index in [-0.39, 0.29) is 0 Å². The van der Waals surface area contributed by atoms with Crippen LogP contribution in [0.4, 0.5) is 5.13 Å². The summed E-state index contributed by atoms with van der Waals surface area (Å²) < 4.78 is 0. The van der Waals surface area contributed by atoms with E-state index in [2.05, 4.69) is 27.5 Å². The van der Waals surface area contributed by atoms with E-state index in [1.54, 1.807) is 22.7 Å². The molecule has 0 saturated carbocycles. The summed E-state index contributed by atoms with van der Waals surface area (Å²) in [5.74, 6) is 0. The molecule has 0 bridgehead atoms. The average Bonchev–Trinajstić information content (AvgIpc) is 2.97. The lowest BCUT2D eigenvalue weighted by Crippen LogP contribution is -2.43. The highest BCUT2D eigenvalue weighted by atomic mass is 32.1. The van der Waals surface area contributed by atoms with Gasteiger partial charge in [-0.25, -0.2) is 9.97 Å². The van der Waals surface area contributed by atoms with Crippen molar-refractivity contribution in [2.45, 2.75) is 13.8 Å². The normalized spacial score (nSPS) is 16.2. The second-order valence-corrected chi connectivity index (χ2v) is 6.44. The third kappa shape index (κ3) is 2.28. The number of anilines is 1. The molecule has 1 aliphatic heterocycles. The van der Waals surface area contributed by atoms with Crippen molar-refractivity contribution in [2.75, 3.05) is 31.1 Å². The lowest BCUT2D eigenvalue weighted by atomic mass is 10.3. The number of piperazine rings is 1. The lowest BCUT2D eigenvalue weighted by molar-refractivity contribution is 0.588. The Morgan fingerprint density at radius 1 is 1.22 bits per heavy atom. The van der Waals surface area contributed by atoms with Gasteiger partial charge in [-0.3, -0.25) is 0 Å². The van der Waals surface area contributed by atoms with Gasteiger partial charge < -0.3 is 10.2 Å². The van der Waals surface area contributed by atoms with Crippen molar-refractivity contribution in [1.82, 2.24) is 15.3 Å². The first kappa shape index (κ1) is 12.1. The standard InChI is InChI=1S/C12H16N4S2/c1-8-11(18-9(2)14-8)10-7-17-12(15-10)16-5-3-13-4-6-16/h7,13H,3-6H2,1-2H3. The maximum Gasteiger partial charge on any atom is 0.185 e. The van der Waals surface area contributed by atoms with Crippen LogP contribution in [0.25, 0.3) is 10.6 Å². The molecule has 0 aliphatic carbocycles. The number of aryl methyl sites for hydroxylation is 2. The number of hydrogen-bond acceptors (Lipinski definition) is 6. The van der Waals surface area contributed by atoms with E-state index < -0.39 is 0 Å². The van der Waals surface area contributed by atoms with E-state index in [9.17, 15) is 0 Å². The van der Waals surface area contributed by atoms with E-state index in [0.717, 1.165) is 47.7 Å². The van der Waals surface area contributed by atoms with Gasteiger partial charge in [0.05, 0.1) is 21.3 Å². The maximum atomic E-state index is 4.77. The van der Waals surface area contributed by atoms with Crippen LogP contribution in [-0.2, 0) is 0 Å². The van der Waals surface area contributed by atoms with Crippen LogP contribution in [0, 0.1) is 13.8 Å². The van der Waals surface area contributed by atoms with E-state index in [1.807, 2.05) is 6.92 Å².